The number of benzene rings is 1. The lowest BCUT2D eigenvalue weighted by Crippen LogP contribution is -2.74. The van der Waals surface area contributed by atoms with Crippen LogP contribution in [0, 0.1) is 5.41 Å². The second-order valence-corrected chi connectivity index (χ2v) is 7.60. The van der Waals surface area contributed by atoms with Crippen LogP contribution in [-0.2, 0) is 9.53 Å². The SMILES string of the molecule is CCOC1CC(N)(C(=O)Nc2ccc(-c3nccs3)cc2)C1(C)C.Cl. The summed E-state index contributed by atoms with van der Waals surface area (Å²) in [6, 6.07) is 7.66. The highest BCUT2D eigenvalue weighted by molar-refractivity contribution is 7.13. The maximum Gasteiger partial charge on any atom is 0.245 e. The van der Waals surface area contributed by atoms with E-state index in [1.165, 1.54) is 0 Å². The Labute approximate surface area is 158 Å². The van der Waals surface area contributed by atoms with Crippen molar-refractivity contribution in [1.82, 2.24) is 4.98 Å². The molecule has 2 unspecified atom stereocenters. The number of hydrogen-bond acceptors (Lipinski definition) is 5. The summed E-state index contributed by atoms with van der Waals surface area (Å²) in [5.41, 5.74) is 6.86. The van der Waals surface area contributed by atoms with Crippen LogP contribution in [0.25, 0.3) is 10.6 Å². The zero-order chi connectivity index (χ0) is 17.4. The predicted molar refractivity (Wildman–Crippen MR) is 104 cm³/mol. The Balaban J connectivity index is 0.00000225. The minimum Gasteiger partial charge on any atom is -0.378 e. The molecule has 1 heterocycles. The van der Waals surface area contributed by atoms with Gasteiger partial charge >= 0.3 is 0 Å². The first-order chi connectivity index (χ1) is 11.4. The third kappa shape index (κ3) is 3.44. The van der Waals surface area contributed by atoms with Crippen LogP contribution in [0.4, 0.5) is 5.69 Å². The van der Waals surface area contributed by atoms with Crippen molar-refractivity contribution in [3.8, 4) is 10.6 Å². The minimum absolute atomic E-state index is 0. The molecule has 1 aliphatic rings. The van der Waals surface area contributed by atoms with Gasteiger partial charge in [-0.1, -0.05) is 13.8 Å². The van der Waals surface area contributed by atoms with Gasteiger partial charge in [-0.15, -0.1) is 23.7 Å². The summed E-state index contributed by atoms with van der Waals surface area (Å²) in [6.07, 6.45) is 2.34. The van der Waals surface area contributed by atoms with Gasteiger partial charge in [0.15, 0.2) is 0 Å². The molecule has 3 N–H and O–H groups in total. The van der Waals surface area contributed by atoms with Crippen LogP contribution in [0.1, 0.15) is 27.2 Å². The predicted octanol–water partition coefficient (Wildman–Crippen LogP) is 3.70. The minimum atomic E-state index is -0.916. The quantitative estimate of drug-likeness (QED) is 0.827. The molecule has 25 heavy (non-hydrogen) atoms. The molecule has 2 aromatic rings. The van der Waals surface area contributed by atoms with Gasteiger partial charge in [-0.3, -0.25) is 4.79 Å². The van der Waals surface area contributed by atoms with Gasteiger partial charge in [0.1, 0.15) is 10.5 Å². The number of carbonyl (C=O) groups is 1. The number of nitrogens with zero attached hydrogens (tertiary/aromatic N) is 1. The Hall–Kier alpha value is -1.47. The number of hydrogen-bond donors (Lipinski definition) is 2. The Morgan fingerprint density at radius 1 is 1.40 bits per heavy atom. The van der Waals surface area contributed by atoms with E-state index in [1.54, 1.807) is 17.5 Å². The van der Waals surface area contributed by atoms with Crippen molar-refractivity contribution in [2.75, 3.05) is 11.9 Å². The van der Waals surface area contributed by atoms with Crippen LogP contribution < -0.4 is 11.1 Å². The summed E-state index contributed by atoms with van der Waals surface area (Å²) in [6.45, 7) is 6.56. The fourth-order valence-electron chi connectivity index (χ4n) is 3.13. The van der Waals surface area contributed by atoms with Crippen molar-refractivity contribution < 1.29 is 9.53 Å². The van der Waals surface area contributed by atoms with Crippen LogP contribution in [-0.4, -0.2) is 29.1 Å². The van der Waals surface area contributed by atoms with Gasteiger partial charge in [-0.25, -0.2) is 4.98 Å². The molecule has 0 spiro atoms. The summed E-state index contributed by atoms with van der Waals surface area (Å²) >= 11 is 1.59. The van der Waals surface area contributed by atoms with Crippen molar-refractivity contribution in [3.63, 3.8) is 0 Å². The monoisotopic (exact) mass is 381 g/mol. The third-order valence-electron chi connectivity index (χ3n) is 5.06. The van der Waals surface area contributed by atoms with Gasteiger partial charge in [-0.05, 0) is 31.2 Å². The lowest BCUT2D eigenvalue weighted by molar-refractivity contribution is -0.166. The Morgan fingerprint density at radius 3 is 2.60 bits per heavy atom. The molecule has 1 aliphatic carbocycles. The molecular weight excluding hydrogens is 358 g/mol. The Morgan fingerprint density at radius 2 is 2.08 bits per heavy atom. The lowest BCUT2D eigenvalue weighted by atomic mass is 9.54. The van der Waals surface area contributed by atoms with Crippen LogP contribution in [0.3, 0.4) is 0 Å². The van der Waals surface area contributed by atoms with Crippen LogP contribution >= 0.6 is 23.7 Å². The molecule has 1 fully saturated rings. The number of nitrogens with two attached hydrogens (primary N) is 1. The number of carbonyl (C=O) groups excluding carboxylic acids is 1. The van der Waals surface area contributed by atoms with Crippen molar-refractivity contribution in [1.29, 1.82) is 0 Å². The first kappa shape index (κ1) is 19.8. The third-order valence-corrected chi connectivity index (χ3v) is 5.88. The van der Waals surface area contributed by atoms with E-state index in [2.05, 4.69) is 10.3 Å². The van der Waals surface area contributed by atoms with Gasteiger partial charge < -0.3 is 15.8 Å². The lowest BCUT2D eigenvalue weighted by Gasteiger charge is -2.57. The summed E-state index contributed by atoms with van der Waals surface area (Å²) < 4.78 is 5.68. The second-order valence-electron chi connectivity index (χ2n) is 6.71. The van der Waals surface area contributed by atoms with E-state index in [4.69, 9.17) is 10.5 Å². The molecule has 1 saturated carbocycles. The molecule has 0 aliphatic heterocycles. The number of thiazole rings is 1. The number of amides is 1. The van der Waals surface area contributed by atoms with E-state index in [1.807, 2.05) is 50.4 Å². The Bertz CT molecular complexity index is 718. The highest BCUT2D eigenvalue weighted by Crippen LogP contribution is 2.50. The molecule has 1 aromatic carbocycles. The topological polar surface area (TPSA) is 77.2 Å². The zero-order valence-corrected chi connectivity index (χ0v) is 16.2. The molecule has 136 valence electrons. The smallest absolute Gasteiger partial charge is 0.245 e. The van der Waals surface area contributed by atoms with Gasteiger partial charge in [0.25, 0.3) is 0 Å². The second kappa shape index (κ2) is 7.41. The zero-order valence-electron chi connectivity index (χ0n) is 14.6. The maximum absolute atomic E-state index is 12.7. The summed E-state index contributed by atoms with van der Waals surface area (Å²) in [5, 5.41) is 5.84. The van der Waals surface area contributed by atoms with Crippen LogP contribution in [0.2, 0.25) is 0 Å². The molecule has 5 nitrogen and oxygen atoms in total. The first-order valence-electron chi connectivity index (χ1n) is 8.10. The van der Waals surface area contributed by atoms with Gasteiger partial charge in [-0.2, -0.15) is 0 Å². The van der Waals surface area contributed by atoms with Crippen molar-refractivity contribution >= 4 is 35.3 Å². The van der Waals surface area contributed by atoms with E-state index in [9.17, 15) is 4.79 Å². The number of nitrogens with one attached hydrogen (secondary N) is 1. The average molecular weight is 382 g/mol. The largest absolute Gasteiger partial charge is 0.378 e. The van der Waals surface area contributed by atoms with Gasteiger partial charge in [0.05, 0.1) is 6.10 Å². The Kier molecular flexibility index (Phi) is 5.89. The number of halogens is 1. The van der Waals surface area contributed by atoms with Crippen LogP contribution in [0.15, 0.2) is 35.8 Å². The van der Waals surface area contributed by atoms with E-state index in [-0.39, 0.29) is 24.4 Å². The van der Waals surface area contributed by atoms with Crippen molar-refractivity contribution in [2.45, 2.75) is 38.8 Å². The molecule has 2 atom stereocenters. The number of ether oxygens (including phenoxy) is 1. The number of aromatic nitrogens is 1. The summed E-state index contributed by atoms with van der Waals surface area (Å²) in [4.78, 5) is 17.0. The normalized spacial score (nSPS) is 24.1. The van der Waals surface area contributed by atoms with Crippen molar-refractivity contribution in [2.24, 2.45) is 11.1 Å². The molecule has 1 amide bonds. The van der Waals surface area contributed by atoms with Crippen LogP contribution in [0.5, 0.6) is 0 Å². The maximum atomic E-state index is 12.7. The first-order valence-corrected chi connectivity index (χ1v) is 8.98. The molecule has 7 heteroatoms. The van der Waals surface area contributed by atoms with E-state index in [0.717, 1.165) is 16.3 Å². The number of rotatable bonds is 5. The van der Waals surface area contributed by atoms with Gasteiger partial charge in [0.2, 0.25) is 5.91 Å². The number of anilines is 1. The molecule has 0 saturated heterocycles. The van der Waals surface area contributed by atoms with Crippen molar-refractivity contribution in [3.05, 3.63) is 35.8 Å². The van der Waals surface area contributed by atoms with E-state index in [0.29, 0.717) is 13.0 Å². The fourth-order valence-corrected chi connectivity index (χ4v) is 3.77. The molecular formula is C18H24ClN3O2S. The molecule has 3 rings (SSSR count). The highest BCUT2D eigenvalue weighted by Gasteiger charge is 2.62. The molecule has 1 aromatic heterocycles. The highest BCUT2D eigenvalue weighted by atomic mass is 35.5. The fraction of sp³-hybridized carbons (Fsp3) is 0.444. The van der Waals surface area contributed by atoms with E-state index >= 15 is 0 Å². The molecule has 0 bridgehead atoms. The summed E-state index contributed by atoms with van der Waals surface area (Å²) in [7, 11) is 0. The summed E-state index contributed by atoms with van der Waals surface area (Å²) in [5.74, 6) is -0.162. The average Bonchev–Trinajstić information content (AvgIpc) is 3.09. The molecule has 0 radical (unpaired) electrons. The van der Waals surface area contributed by atoms with E-state index < -0.39 is 11.0 Å². The van der Waals surface area contributed by atoms with Gasteiger partial charge in [0, 0.05) is 41.3 Å². The standard InChI is InChI=1S/C18H23N3O2S.ClH/c1-4-23-14-11-18(19,17(14,2)3)16(22)21-13-7-5-12(6-8-13)15-20-9-10-24-15;/h5-10,14H,4,11,19H2,1-3H3,(H,21,22);1H.